The molecule has 110 valence electrons. The van der Waals surface area contributed by atoms with Crippen LogP contribution in [-0.4, -0.2) is 50.8 Å². The van der Waals surface area contributed by atoms with Gasteiger partial charge in [0.2, 0.25) is 0 Å². The Morgan fingerprint density at radius 2 is 2.21 bits per heavy atom. The quantitative estimate of drug-likeness (QED) is 0.471. The summed E-state index contributed by atoms with van der Waals surface area (Å²) >= 11 is 0. The van der Waals surface area contributed by atoms with Gasteiger partial charge in [0.15, 0.2) is 5.96 Å². The topological polar surface area (TPSA) is 36.9 Å². The number of nitrogens with one attached hydrogen (secondary N) is 1. The van der Waals surface area contributed by atoms with Crippen LogP contribution < -0.4 is 5.32 Å². The SMILES string of the molecule is CCCCCCNC(=NC)N1CCC2(CCOC2)C1. The van der Waals surface area contributed by atoms with Gasteiger partial charge in [0.25, 0.3) is 0 Å². The van der Waals surface area contributed by atoms with Crippen LogP contribution in [0.2, 0.25) is 0 Å². The van der Waals surface area contributed by atoms with Crippen LogP contribution in [0, 0.1) is 5.41 Å². The smallest absolute Gasteiger partial charge is 0.193 e. The van der Waals surface area contributed by atoms with Crippen LogP contribution in [0.5, 0.6) is 0 Å². The fourth-order valence-electron chi connectivity index (χ4n) is 3.17. The van der Waals surface area contributed by atoms with Crippen molar-refractivity contribution in [2.24, 2.45) is 10.4 Å². The molecule has 2 heterocycles. The maximum atomic E-state index is 5.58. The van der Waals surface area contributed by atoms with E-state index < -0.39 is 0 Å². The summed E-state index contributed by atoms with van der Waals surface area (Å²) in [6.45, 7) is 7.42. The molecule has 2 saturated heterocycles. The van der Waals surface area contributed by atoms with Crippen molar-refractivity contribution < 1.29 is 4.74 Å². The fourth-order valence-corrected chi connectivity index (χ4v) is 3.17. The molecule has 0 aromatic carbocycles. The van der Waals surface area contributed by atoms with Crippen LogP contribution >= 0.6 is 0 Å². The lowest BCUT2D eigenvalue weighted by atomic mass is 9.87. The summed E-state index contributed by atoms with van der Waals surface area (Å²) in [5.74, 6) is 1.08. The molecule has 4 heteroatoms. The van der Waals surface area contributed by atoms with E-state index >= 15 is 0 Å². The molecular formula is C15H29N3O. The number of ether oxygens (including phenoxy) is 1. The number of guanidine groups is 1. The molecule has 0 aromatic heterocycles. The molecule has 2 aliphatic rings. The fraction of sp³-hybridized carbons (Fsp3) is 0.933. The highest BCUT2D eigenvalue weighted by molar-refractivity contribution is 5.80. The summed E-state index contributed by atoms with van der Waals surface area (Å²) < 4.78 is 5.58. The van der Waals surface area contributed by atoms with Crippen molar-refractivity contribution in [1.29, 1.82) is 0 Å². The van der Waals surface area contributed by atoms with Gasteiger partial charge < -0.3 is 15.0 Å². The Labute approximate surface area is 117 Å². The standard InChI is InChI=1S/C15H29N3O/c1-3-4-5-6-9-17-14(16-2)18-10-7-15(12-18)8-11-19-13-15/h3-13H2,1-2H3,(H,16,17). The zero-order valence-electron chi connectivity index (χ0n) is 12.6. The minimum absolute atomic E-state index is 0.416. The molecule has 2 aliphatic heterocycles. The van der Waals surface area contributed by atoms with Crippen molar-refractivity contribution in [1.82, 2.24) is 10.2 Å². The molecular weight excluding hydrogens is 238 g/mol. The zero-order valence-corrected chi connectivity index (χ0v) is 12.6. The van der Waals surface area contributed by atoms with Crippen molar-refractivity contribution in [3.8, 4) is 0 Å². The van der Waals surface area contributed by atoms with Crippen molar-refractivity contribution in [3.05, 3.63) is 0 Å². The highest BCUT2D eigenvalue weighted by Gasteiger charge is 2.42. The van der Waals surface area contributed by atoms with E-state index in [-0.39, 0.29) is 0 Å². The van der Waals surface area contributed by atoms with E-state index in [1.54, 1.807) is 0 Å². The van der Waals surface area contributed by atoms with Crippen molar-refractivity contribution in [2.75, 3.05) is 39.9 Å². The van der Waals surface area contributed by atoms with Crippen LogP contribution in [0.15, 0.2) is 4.99 Å². The third-order valence-electron chi connectivity index (χ3n) is 4.45. The van der Waals surface area contributed by atoms with Crippen molar-refractivity contribution in [2.45, 2.75) is 45.4 Å². The summed E-state index contributed by atoms with van der Waals surface area (Å²) in [5.41, 5.74) is 0.416. The number of likely N-dealkylation sites (tertiary alicyclic amines) is 1. The van der Waals surface area contributed by atoms with Gasteiger partial charge in [-0.15, -0.1) is 0 Å². The Morgan fingerprint density at radius 1 is 1.32 bits per heavy atom. The van der Waals surface area contributed by atoms with Crippen LogP contribution in [0.1, 0.15) is 45.4 Å². The second-order valence-corrected chi connectivity index (χ2v) is 6.01. The van der Waals surface area contributed by atoms with Gasteiger partial charge in [-0.2, -0.15) is 0 Å². The number of hydrogen-bond donors (Lipinski definition) is 1. The Hall–Kier alpha value is -0.770. The molecule has 0 saturated carbocycles. The molecule has 0 aliphatic carbocycles. The second-order valence-electron chi connectivity index (χ2n) is 6.01. The molecule has 19 heavy (non-hydrogen) atoms. The second kappa shape index (κ2) is 7.13. The van der Waals surface area contributed by atoms with Gasteiger partial charge in [-0.05, 0) is 19.3 Å². The van der Waals surface area contributed by atoms with E-state index in [1.165, 1.54) is 38.5 Å². The lowest BCUT2D eigenvalue weighted by Crippen LogP contribution is -2.41. The first-order chi connectivity index (χ1) is 9.29. The van der Waals surface area contributed by atoms with E-state index in [9.17, 15) is 0 Å². The number of rotatable bonds is 5. The average Bonchev–Trinajstić information content (AvgIpc) is 3.05. The average molecular weight is 267 g/mol. The third-order valence-corrected chi connectivity index (χ3v) is 4.45. The largest absolute Gasteiger partial charge is 0.381 e. The Bertz CT molecular complexity index is 298. The summed E-state index contributed by atoms with van der Waals surface area (Å²) in [5, 5.41) is 3.51. The predicted octanol–water partition coefficient (Wildman–Crippen LogP) is 2.25. The lowest BCUT2D eigenvalue weighted by Gasteiger charge is -2.24. The van der Waals surface area contributed by atoms with E-state index in [4.69, 9.17) is 4.74 Å². The summed E-state index contributed by atoms with van der Waals surface area (Å²) in [4.78, 5) is 6.84. The maximum absolute atomic E-state index is 5.58. The van der Waals surface area contributed by atoms with Crippen LogP contribution in [0.25, 0.3) is 0 Å². The first kappa shape index (κ1) is 14.6. The van der Waals surface area contributed by atoms with Gasteiger partial charge in [0.1, 0.15) is 0 Å². The van der Waals surface area contributed by atoms with E-state index in [0.717, 1.165) is 38.8 Å². The molecule has 4 nitrogen and oxygen atoms in total. The van der Waals surface area contributed by atoms with Crippen LogP contribution in [0.3, 0.4) is 0 Å². The molecule has 1 spiro atoms. The molecule has 0 bridgehead atoms. The van der Waals surface area contributed by atoms with Gasteiger partial charge in [0, 0.05) is 38.7 Å². The molecule has 1 N–H and O–H groups in total. The highest BCUT2D eigenvalue weighted by Crippen LogP contribution is 2.38. The maximum Gasteiger partial charge on any atom is 0.193 e. The molecule has 1 atom stereocenters. The van der Waals surface area contributed by atoms with Gasteiger partial charge in [0.05, 0.1) is 6.61 Å². The van der Waals surface area contributed by atoms with E-state index in [2.05, 4.69) is 22.1 Å². The zero-order chi connectivity index (χ0) is 13.6. The van der Waals surface area contributed by atoms with Crippen molar-refractivity contribution >= 4 is 5.96 Å². The summed E-state index contributed by atoms with van der Waals surface area (Å²) in [7, 11) is 1.89. The number of nitrogens with zero attached hydrogens (tertiary/aromatic N) is 2. The molecule has 1 unspecified atom stereocenters. The first-order valence-corrected chi connectivity index (χ1v) is 7.83. The highest BCUT2D eigenvalue weighted by atomic mass is 16.5. The van der Waals surface area contributed by atoms with Gasteiger partial charge in [-0.1, -0.05) is 26.2 Å². The normalized spacial score (nSPS) is 27.5. The van der Waals surface area contributed by atoms with E-state index in [1.807, 2.05) is 7.05 Å². The van der Waals surface area contributed by atoms with Gasteiger partial charge >= 0.3 is 0 Å². The Balaban J connectivity index is 1.73. The number of unbranched alkanes of at least 4 members (excludes halogenated alkanes) is 3. The van der Waals surface area contributed by atoms with Crippen molar-refractivity contribution in [3.63, 3.8) is 0 Å². The Kier molecular flexibility index (Phi) is 5.49. The first-order valence-electron chi connectivity index (χ1n) is 7.83. The minimum atomic E-state index is 0.416. The molecule has 0 aromatic rings. The Morgan fingerprint density at radius 3 is 2.89 bits per heavy atom. The lowest BCUT2D eigenvalue weighted by molar-refractivity contribution is 0.156. The van der Waals surface area contributed by atoms with Gasteiger partial charge in [-0.25, -0.2) is 0 Å². The minimum Gasteiger partial charge on any atom is -0.381 e. The van der Waals surface area contributed by atoms with E-state index in [0.29, 0.717) is 5.41 Å². The van der Waals surface area contributed by atoms with Crippen LogP contribution in [-0.2, 0) is 4.74 Å². The summed E-state index contributed by atoms with van der Waals surface area (Å²) in [6, 6.07) is 0. The van der Waals surface area contributed by atoms with Gasteiger partial charge in [-0.3, -0.25) is 4.99 Å². The number of aliphatic imine (C=N–C) groups is 1. The molecule has 2 fully saturated rings. The predicted molar refractivity (Wildman–Crippen MR) is 79.6 cm³/mol. The van der Waals surface area contributed by atoms with Crippen LogP contribution in [0.4, 0.5) is 0 Å². The monoisotopic (exact) mass is 267 g/mol. The molecule has 0 radical (unpaired) electrons. The summed E-state index contributed by atoms with van der Waals surface area (Å²) in [6.07, 6.45) is 7.67. The molecule has 0 amide bonds. The number of hydrogen-bond acceptors (Lipinski definition) is 2. The molecule has 2 rings (SSSR count). The third kappa shape index (κ3) is 3.85.